The van der Waals surface area contributed by atoms with Gasteiger partial charge in [0.25, 0.3) is 0 Å². The molecule has 0 aliphatic carbocycles. The highest BCUT2D eigenvalue weighted by molar-refractivity contribution is 6.32. The molecule has 92 valence electrons. The summed E-state index contributed by atoms with van der Waals surface area (Å²) in [5.74, 6) is 0. The molecule has 0 N–H and O–H groups in total. The van der Waals surface area contributed by atoms with Crippen LogP contribution in [0.25, 0.3) is 0 Å². The molecule has 0 aliphatic rings. The van der Waals surface area contributed by atoms with E-state index in [9.17, 15) is 5.26 Å². The molecular formula is C15H10ClN3. The number of nitriles is 2. The minimum Gasteiger partial charge on any atom is -0.343 e. The van der Waals surface area contributed by atoms with E-state index in [0.717, 1.165) is 5.69 Å². The van der Waals surface area contributed by atoms with Crippen LogP contribution in [-0.2, 0) is 0 Å². The Morgan fingerprint density at radius 3 is 2.47 bits per heavy atom. The Morgan fingerprint density at radius 1 is 1.05 bits per heavy atom. The van der Waals surface area contributed by atoms with Crippen LogP contribution in [0.4, 0.5) is 11.4 Å². The Hall–Kier alpha value is -2.49. The molecule has 3 nitrogen and oxygen atoms in total. The fraction of sp³-hybridized carbons (Fsp3) is 0.0667. The van der Waals surface area contributed by atoms with Crippen molar-refractivity contribution in [2.75, 3.05) is 11.9 Å². The van der Waals surface area contributed by atoms with Crippen molar-refractivity contribution in [3.63, 3.8) is 0 Å². The van der Waals surface area contributed by atoms with Gasteiger partial charge in [0.2, 0.25) is 0 Å². The van der Waals surface area contributed by atoms with Crippen molar-refractivity contribution >= 4 is 23.0 Å². The van der Waals surface area contributed by atoms with E-state index in [-0.39, 0.29) is 0 Å². The Morgan fingerprint density at radius 2 is 1.79 bits per heavy atom. The van der Waals surface area contributed by atoms with Crippen molar-refractivity contribution in [3.05, 3.63) is 58.6 Å². The summed E-state index contributed by atoms with van der Waals surface area (Å²) >= 11 is 6.02. The Balaban J connectivity index is 2.51. The molecule has 0 heterocycles. The van der Waals surface area contributed by atoms with Crippen LogP contribution in [0.2, 0.25) is 5.02 Å². The Labute approximate surface area is 116 Å². The maximum absolute atomic E-state index is 9.18. The van der Waals surface area contributed by atoms with Crippen LogP contribution >= 0.6 is 11.6 Å². The molecule has 0 amide bonds. The molecule has 19 heavy (non-hydrogen) atoms. The van der Waals surface area contributed by atoms with E-state index in [2.05, 4.69) is 12.1 Å². The van der Waals surface area contributed by atoms with Crippen molar-refractivity contribution in [2.24, 2.45) is 0 Å². The molecule has 2 rings (SSSR count). The van der Waals surface area contributed by atoms with E-state index in [1.165, 1.54) is 0 Å². The van der Waals surface area contributed by atoms with Gasteiger partial charge in [0.1, 0.15) is 6.07 Å². The first-order chi connectivity index (χ1) is 9.17. The zero-order chi connectivity index (χ0) is 13.8. The number of halogens is 1. The van der Waals surface area contributed by atoms with Gasteiger partial charge >= 0.3 is 0 Å². The molecule has 0 bridgehead atoms. The molecule has 2 aromatic carbocycles. The van der Waals surface area contributed by atoms with Crippen LogP contribution in [0.3, 0.4) is 0 Å². The average Bonchev–Trinajstić information content (AvgIpc) is 2.46. The van der Waals surface area contributed by atoms with E-state index >= 15 is 0 Å². The smallest absolute Gasteiger partial charge is 0.103 e. The van der Waals surface area contributed by atoms with E-state index in [1.807, 2.05) is 24.1 Å². The summed E-state index contributed by atoms with van der Waals surface area (Å²) in [4.78, 5) is 1.84. The predicted octanol–water partition coefficient (Wildman–Crippen LogP) is 3.85. The fourth-order valence-electron chi connectivity index (χ4n) is 1.83. The minimum atomic E-state index is 0.420. The zero-order valence-electron chi connectivity index (χ0n) is 10.3. The number of nitrogens with zero attached hydrogens (tertiary/aromatic N) is 3. The molecule has 0 aliphatic heterocycles. The lowest BCUT2D eigenvalue weighted by Gasteiger charge is -2.21. The molecule has 0 saturated heterocycles. The number of benzene rings is 2. The molecule has 0 saturated carbocycles. The van der Waals surface area contributed by atoms with Crippen LogP contribution in [0.1, 0.15) is 11.1 Å². The van der Waals surface area contributed by atoms with Crippen LogP contribution in [-0.4, -0.2) is 7.05 Å². The lowest BCUT2D eigenvalue weighted by atomic mass is 10.1. The lowest BCUT2D eigenvalue weighted by Crippen LogP contribution is -2.11. The molecule has 0 unspecified atom stereocenters. The third kappa shape index (κ3) is 2.52. The quantitative estimate of drug-likeness (QED) is 0.830. The highest BCUT2D eigenvalue weighted by atomic mass is 35.5. The topological polar surface area (TPSA) is 50.8 Å². The van der Waals surface area contributed by atoms with Crippen molar-refractivity contribution in [1.29, 1.82) is 10.5 Å². The fourth-order valence-corrected chi connectivity index (χ4v) is 2.04. The van der Waals surface area contributed by atoms with E-state index in [1.54, 1.807) is 30.3 Å². The standard InChI is InChI=1S/C15H10ClN3/c1-19(12-5-2-4-11(8-12)9-17)15-7-3-6-14(16)13(15)10-18/h2-8H,1H3. The molecule has 0 atom stereocenters. The molecule has 0 fully saturated rings. The Bertz CT molecular complexity index is 695. The second-order valence-corrected chi connectivity index (χ2v) is 4.37. The normalized spacial score (nSPS) is 9.47. The SMILES string of the molecule is CN(c1cccc(C#N)c1)c1cccc(Cl)c1C#N. The third-order valence-corrected chi connectivity index (χ3v) is 3.14. The third-order valence-electron chi connectivity index (χ3n) is 2.83. The molecule has 0 spiro atoms. The summed E-state index contributed by atoms with van der Waals surface area (Å²) in [5.41, 5.74) is 2.54. The van der Waals surface area contributed by atoms with Gasteiger partial charge in [-0.15, -0.1) is 0 Å². The highest BCUT2D eigenvalue weighted by Gasteiger charge is 2.12. The minimum absolute atomic E-state index is 0.420. The van der Waals surface area contributed by atoms with Crippen LogP contribution in [0.5, 0.6) is 0 Å². The first kappa shape index (κ1) is 13.0. The second kappa shape index (κ2) is 5.44. The first-order valence-electron chi connectivity index (χ1n) is 5.60. The van der Waals surface area contributed by atoms with Gasteiger partial charge in [-0.1, -0.05) is 23.7 Å². The van der Waals surface area contributed by atoms with E-state index < -0.39 is 0 Å². The largest absolute Gasteiger partial charge is 0.343 e. The lowest BCUT2D eigenvalue weighted by molar-refractivity contribution is 1.20. The van der Waals surface area contributed by atoms with Crippen molar-refractivity contribution < 1.29 is 0 Å². The van der Waals surface area contributed by atoms with Crippen molar-refractivity contribution in [2.45, 2.75) is 0 Å². The summed E-state index contributed by atoms with van der Waals surface area (Å²) in [6.45, 7) is 0. The summed E-state index contributed by atoms with van der Waals surface area (Å²) in [7, 11) is 1.84. The van der Waals surface area contributed by atoms with Crippen LogP contribution in [0.15, 0.2) is 42.5 Å². The van der Waals surface area contributed by atoms with Gasteiger partial charge in [0.15, 0.2) is 0 Å². The van der Waals surface area contributed by atoms with Gasteiger partial charge in [-0.3, -0.25) is 0 Å². The molecule has 0 radical (unpaired) electrons. The second-order valence-electron chi connectivity index (χ2n) is 3.97. The first-order valence-corrected chi connectivity index (χ1v) is 5.97. The number of hydrogen-bond donors (Lipinski definition) is 0. The van der Waals surface area contributed by atoms with Gasteiger partial charge in [0, 0.05) is 12.7 Å². The van der Waals surface area contributed by atoms with Crippen molar-refractivity contribution in [1.82, 2.24) is 0 Å². The number of rotatable bonds is 2. The molecule has 4 heteroatoms. The molecule has 2 aromatic rings. The van der Waals surface area contributed by atoms with Crippen molar-refractivity contribution in [3.8, 4) is 12.1 Å². The maximum Gasteiger partial charge on any atom is 0.103 e. The Kier molecular flexibility index (Phi) is 3.71. The summed E-state index contributed by atoms with van der Waals surface area (Å²) in [6, 6.07) is 16.7. The van der Waals surface area contributed by atoms with E-state index in [0.29, 0.717) is 21.8 Å². The van der Waals surface area contributed by atoms with Gasteiger partial charge in [-0.2, -0.15) is 10.5 Å². The van der Waals surface area contributed by atoms with Gasteiger partial charge in [0.05, 0.1) is 27.9 Å². The zero-order valence-corrected chi connectivity index (χ0v) is 11.0. The molecule has 0 aromatic heterocycles. The van der Waals surface area contributed by atoms with Gasteiger partial charge in [-0.25, -0.2) is 0 Å². The summed E-state index contributed by atoms with van der Waals surface area (Å²) < 4.78 is 0. The molecular weight excluding hydrogens is 258 g/mol. The monoisotopic (exact) mass is 267 g/mol. The van der Waals surface area contributed by atoms with Crippen LogP contribution in [0, 0.1) is 22.7 Å². The van der Waals surface area contributed by atoms with Crippen LogP contribution < -0.4 is 4.90 Å². The number of hydrogen-bond acceptors (Lipinski definition) is 3. The highest BCUT2D eigenvalue weighted by Crippen LogP contribution is 2.31. The summed E-state index contributed by atoms with van der Waals surface area (Å²) in [6.07, 6.45) is 0. The maximum atomic E-state index is 9.18. The van der Waals surface area contributed by atoms with Gasteiger partial charge in [-0.05, 0) is 30.3 Å². The average molecular weight is 268 g/mol. The predicted molar refractivity (Wildman–Crippen MR) is 75.4 cm³/mol. The summed E-state index contributed by atoms with van der Waals surface area (Å²) in [5, 5.41) is 18.5. The number of anilines is 2. The van der Waals surface area contributed by atoms with Gasteiger partial charge < -0.3 is 4.90 Å². The van der Waals surface area contributed by atoms with E-state index in [4.69, 9.17) is 16.9 Å².